The zero-order valence-corrected chi connectivity index (χ0v) is 13.3. The topological polar surface area (TPSA) is 48.7 Å². The van der Waals surface area contributed by atoms with Crippen LogP contribution in [0.25, 0.3) is 16.9 Å². The first-order valence-electron chi connectivity index (χ1n) is 6.90. The van der Waals surface area contributed by atoms with Crippen molar-refractivity contribution >= 4 is 17.4 Å². The zero-order chi connectivity index (χ0) is 15.4. The molecule has 114 valence electrons. The molecule has 0 aliphatic rings. The summed E-state index contributed by atoms with van der Waals surface area (Å²) in [5.74, 6) is 2.49. The summed E-state index contributed by atoms with van der Waals surface area (Å²) in [5.41, 5.74) is 2.66. The number of hydrogen-bond acceptors (Lipinski definition) is 5. The summed E-state index contributed by atoms with van der Waals surface area (Å²) in [4.78, 5) is 8.72. The van der Waals surface area contributed by atoms with Gasteiger partial charge in [0.15, 0.2) is 0 Å². The summed E-state index contributed by atoms with van der Waals surface area (Å²) in [7, 11) is 1.65. The number of hydrogen-bond donors (Lipinski definition) is 0. The number of aromatic nitrogens is 3. The lowest BCUT2D eigenvalue weighted by Gasteiger charge is -2.11. The van der Waals surface area contributed by atoms with Gasteiger partial charge in [-0.3, -0.25) is 4.40 Å². The molecule has 0 atom stereocenters. The molecule has 1 aromatic carbocycles. The van der Waals surface area contributed by atoms with Gasteiger partial charge < -0.3 is 9.47 Å². The van der Waals surface area contributed by atoms with Crippen LogP contribution >= 0.6 is 11.8 Å². The molecule has 3 aromatic rings. The van der Waals surface area contributed by atoms with E-state index >= 15 is 0 Å². The number of ether oxygens (including phenoxy) is 2. The molecule has 6 heteroatoms. The number of fused-ring (bicyclic) bond motifs is 1. The number of imidazole rings is 1. The molecular weight excluding hydrogens is 298 g/mol. The van der Waals surface area contributed by atoms with Crippen LogP contribution in [0, 0.1) is 0 Å². The van der Waals surface area contributed by atoms with Gasteiger partial charge in [0.25, 0.3) is 0 Å². The first-order chi connectivity index (χ1) is 10.8. The fourth-order valence-corrected chi connectivity index (χ4v) is 2.42. The van der Waals surface area contributed by atoms with E-state index in [1.165, 1.54) is 0 Å². The molecule has 0 saturated carbocycles. The lowest BCUT2D eigenvalue weighted by atomic mass is 10.1. The number of methoxy groups -OCH3 is 1. The van der Waals surface area contributed by atoms with Crippen LogP contribution in [0.15, 0.2) is 43.0 Å². The maximum Gasteiger partial charge on any atom is 0.140 e. The minimum atomic E-state index is 0.649. The quantitative estimate of drug-likeness (QED) is 0.654. The third-order valence-electron chi connectivity index (χ3n) is 3.27. The van der Waals surface area contributed by atoms with Crippen LogP contribution in [0.4, 0.5) is 0 Å². The van der Waals surface area contributed by atoms with Crippen LogP contribution in [0.5, 0.6) is 11.5 Å². The molecule has 0 N–H and O–H groups in total. The predicted molar refractivity (Wildman–Crippen MR) is 88.9 cm³/mol. The van der Waals surface area contributed by atoms with Crippen molar-refractivity contribution in [2.45, 2.75) is 0 Å². The standard InChI is InChI=1S/C16H17N3O2S/c1-20-12-3-4-13(15(9-12)21-7-8-22-2)14-10-19-11-17-6-5-16(19)18-14/h3-6,9-11H,7-8H2,1-2H3. The van der Waals surface area contributed by atoms with E-state index in [0.29, 0.717) is 6.61 Å². The molecule has 3 rings (SSSR count). The summed E-state index contributed by atoms with van der Waals surface area (Å²) >= 11 is 1.75. The summed E-state index contributed by atoms with van der Waals surface area (Å²) in [5, 5.41) is 0. The van der Waals surface area contributed by atoms with Crippen molar-refractivity contribution in [1.82, 2.24) is 14.4 Å². The van der Waals surface area contributed by atoms with E-state index in [4.69, 9.17) is 9.47 Å². The second-order valence-electron chi connectivity index (χ2n) is 4.68. The minimum absolute atomic E-state index is 0.649. The Morgan fingerprint density at radius 3 is 2.95 bits per heavy atom. The summed E-state index contributed by atoms with van der Waals surface area (Å²) in [6.07, 6.45) is 7.48. The van der Waals surface area contributed by atoms with E-state index in [2.05, 4.69) is 16.2 Å². The van der Waals surface area contributed by atoms with Crippen LogP contribution < -0.4 is 9.47 Å². The number of nitrogens with zero attached hydrogens (tertiary/aromatic N) is 3. The highest BCUT2D eigenvalue weighted by molar-refractivity contribution is 7.98. The van der Waals surface area contributed by atoms with Gasteiger partial charge in [-0.05, 0) is 24.5 Å². The van der Waals surface area contributed by atoms with Crippen LogP contribution in [0.1, 0.15) is 0 Å². The Balaban J connectivity index is 2.00. The van der Waals surface area contributed by atoms with Gasteiger partial charge >= 0.3 is 0 Å². The summed E-state index contributed by atoms with van der Waals surface area (Å²) < 4.78 is 13.1. The SMILES string of the molecule is COc1ccc(-c2cn3cnccc3n2)c(OCCSC)c1. The second-order valence-corrected chi connectivity index (χ2v) is 5.66. The highest BCUT2D eigenvalue weighted by atomic mass is 32.2. The first-order valence-corrected chi connectivity index (χ1v) is 8.30. The average Bonchev–Trinajstić information content (AvgIpc) is 2.98. The maximum atomic E-state index is 5.90. The van der Waals surface area contributed by atoms with Gasteiger partial charge in [0.05, 0.1) is 19.4 Å². The average molecular weight is 315 g/mol. The minimum Gasteiger partial charge on any atom is -0.497 e. The van der Waals surface area contributed by atoms with Gasteiger partial charge in [-0.1, -0.05) is 0 Å². The summed E-state index contributed by atoms with van der Waals surface area (Å²) in [6, 6.07) is 7.67. The molecule has 0 saturated heterocycles. The third-order valence-corrected chi connectivity index (χ3v) is 3.85. The van der Waals surface area contributed by atoms with Crippen LogP contribution in [0.2, 0.25) is 0 Å². The van der Waals surface area contributed by atoms with Gasteiger partial charge in [-0.15, -0.1) is 0 Å². The second kappa shape index (κ2) is 6.70. The number of benzene rings is 1. The van der Waals surface area contributed by atoms with E-state index in [0.717, 1.165) is 34.2 Å². The van der Waals surface area contributed by atoms with Gasteiger partial charge in [-0.25, -0.2) is 9.97 Å². The Labute approximate surface area is 133 Å². The Morgan fingerprint density at radius 1 is 1.27 bits per heavy atom. The molecule has 0 fully saturated rings. The molecule has 0 aliphatic carbocycles. The molecule has 5 nitrogen and oxygen atoms in total. The van der Waals surface area contributed by atoms with Gasteiger partial charge in [0.2, 0.25) is 0 Å². The van der Waals surface area contributed by atoms with Crippen LogP contribution in [0.3, 0.4) is 0 Å². The van der Waals surface area contributed by atoms with Crippen LogP contribution in [-0.4, -0.2) is 40.1 Å². The van der Waals surface area contributed by atoms with E-state index in [1.54, 1.807) is 31.4 Å². The smallest absolute Gasteiger partial charge is 0.140 e. The monoisotopic (exact) mass is 315 g/mol. The molecule has 0 aliphatic heterocycles. The predicted octanol–water partition coefficient (Wildman–Crippen LogP) is 3.15. The normalized spacial score (nSPS) is 10.8. The van der Waals surface area contributed by atoms with Gasteiger partial charge in [0, 0.05) is 29.8 Å². The molecule has 22 heavy (non-hydrogen) atoms. The van der Waals surface area contributed by atoms with Crippen molar-refractivity contribution < 1.29 is 9.47 Å². The fourth-order valence-electron chi connectivity index (χ4n) is 2.17. The lowest BCUT2D eigenvalue weighted by molar-refractivity contribution is 0.341. The van der Waals surface area contributed by atoms with Crippen molar-refractivity contribution in [3.8, 4) is 22.8 Å². The Kier molecular flexibility index (Phi) is 4.48. The van der Waals surface area contributed by atoms with E-state index < -0.39 is 0 Å². The molecule has 0 bridgehead atoms. The summed E-state index contributed by atoms with van der Waals surface area (Å²) in [6.45, 7) is 0.649. The van der Waals surface area contributed by atoms with Crippen LogP contribution in [-0.2, 0) is 0 Å². The van der Waals surface area contributed by atoms with E-state index in [9.17, 15) is 0 Å². The van der Waals surface area contributed by atoms with Crippen molar-refractivity contribution in [1.29, 1.82) is 0 Å². The number of rotatable bonds is 6. The molecule has 2 aromatic heterocycles. The first kappa shape index (κ1) is 14.7. The lowest BCUT2D eigenvalue weighted by Crippen LogP contribution is -2.01. The van der Waals surface area contributed by atoms with E-state index in [-0.39, 0.29) is 0 Å². The van der Waals surface area contributed by atoms with E-state index in [1.807, 2.05) is 34.9 Å². The molecular formula is C16H17N3O2S. The maximum absolute atomic E-state index is 5.90. The van der Waals surface area contributed by atoms with Crippen molar-refractivity contribution in [3.05, 3.63) is 43.0 Å². The van der Waals surface area contributed by atoms with Crippen molar-refractivity contribution in [2.75, 3.05) is 25.7 Å². The fraction of sp³-hybridized carbons (Fsp3) is 0.250. The Bertz CT molecular complexity index is 740. The number of thioether (sulfide) groups is 1. The van der Waals surface area contributed by atoms with Gasteiger partial charge in [-0.2, -0.15) is 11.8 Å². The molecule has 0 spiro atoms. The third kappa shape index (κ3) is 3.01. The van der Waals surface area contributed by atoms with Crippen molar-refractivity contribution in [3.63, 3.8) is 0 Å². The molecule has 0 unspecified atom stereocenters. The molecule has 0 radical (unpaired) electrons. The zero-order valence-electron chi connectivity index (χ0n) is 12.5. The molecule has 2 heterocycles. The Hall–Kier alpha value is -2.21. The Morgan fingerprint density at radius 2 is 2.18 bits per heavy atom. The van der Waals surface area contributed by atoms with Gasteiger partial charge in [0.1, 0.15) is 23.5 Å². The largest absolute Gasteiger partial charge is 0.497 e. The van der Waals surface area contributed by atoms with Crippen molar-refractivity contribution in [2.24, 2.45) is 0 Å². The molecule has 0 amide bonds. The highest BCUT2D eigenvalue weighted by Crippen LogP contribution is 2.33. The highest BCUT2D eigenvalue weighted by Gasteiger charge is 2.12.